The van der Waals surface area contributed by atoms with Crippen molar-refractivity contribution in [1.82, 2.24) is 9.55 Å². The van der Waals surface area contributed by atoms with Gasteiger partial charge in [0.15, 0.2) is 0 Å². The van der Waals surface area contributed by atoms with Crippen LogP contribution in [0, 0.1) is 10.1 Å². The molecular formula is C18H16N4O4. The summed E-state index contributed by atoms with van der Waals surface area (Å²) in [7, 11) is 0. The normalized spacial score (nSPS) is 10.3. The van der Waals surface area contributed by atoms with Crippen LogP contribution in [-0.2, 0) is 6.54 Å². The van der Waals surface area contributed by atoms with Gasteiger partial charge in [-0.3, -0.25) is 14.9 Å². The van der Waals surface area contributed by atoms with Crippen LogP contribution >= 0.6 is 0 Å². The molecule has 0 unspecified atom stereocenters. The third-order valence-corrected chi connectivity index (χ3v) is 3.64. The lowest BCUT2D eigenvalue weighted by Gasteiger charge is -2.12. The summed E-state index contributed by atoms with van der Waals surface area (Å²) in [5.41, 5.74) is 0.787. The van der Waals surface area contributed by atoms with Crippen LogP contribution in [0.1, 0.15) is 10.4 Å². The number of imidazole rings is 1. The van der Waals surface area contributed by atoms with E-state index in [0.717, 1.165) is 0 Å². The molecule has 0 bridgehead atoms. The van der Waals surface area contributed by atoms with Gasteiger partial charge in [-0.1, -0.05) is 12.1 Å². The number of benzene rings is 2. The summed E-state index contributed by atoms with van der Waals surface area (Å²) >= 11 is 0. The van der Waals surface area contributed by atoms with Gasteiger partial charge in [0.05, 0.1) is 23.5 Å². The highest BCUT2D eigenvalue weighted by atomic mass is 16.6. The van der Waals surface area contributed by atoms with Gasteiger partial charge in [0.2, 0.25) is 0 Å². The van der Waals surface area contributed by atoms with E-state index < -0.39 is 4.92 Å². The number of nitro benzene ring substituents is 1. The minimum atomic E-state index is -0.509. The van der Waals surface area contributed by atoms with Gasteiger partial charge in [-0.05, 0) is 24.3 Å². The van der Waals surface area contributed by atoms with E-state index in [0.29, 0.717) is 30.2 Å². The number of ether oxygens (including phenoxy) is 1. The number of aromatic nitrogens is 2. The molecule has 1 aromatic heterocycles. The number of hydrogen-bond acceptors (Lipinski definition) is 5. The number of hydrogen-bond donors (Lipinski definition) is 1. The van der Waals surface area contributed by atoms with Gasteiger partial charge >= 0.3 is 0 Å². The molecule has 0 saturated carbocycles. The SMILES string of the molecule is O=C(Nc1ccccc1OCCn1ccnc1)c1ccc([N+](=O)[O-])cc1. The first kappa shape index (κ1) is 17.2. The van der Waals surface area contributed by atoms with Crippen LogP contribution in [0.3, 0.4) is 0 Å². The largest absolute Gasteiger partial charge is 0.490 e. The highest BCUT2D eigenvalue weighted by Gasteiger charge is 2.12. The number of nitro groups is 1. The Labute approximate surface area is 149 Å². The molecule has 132 valence electrons. The molecule has 1 N–H and O–H groups in total. The summed E-state index contributed by atoms with van der Waals surface area (Å²) in [6.07, 6.45) is 5.23. The van der Waals surface area contributed by atoms with E-state index in [9.17, 15) is 14.9 Å². The summed E-state index contributed by atoms with van der Waals surface area (Å²) in [4.78, 5) is 26.5. The number of nitrogens with zero attached hydrogens (tertiary/aromatic N) is 3. The lowest BCUT2D eigenvalue weighted by atomic mass is 10.2. The summed E-state index contributed by atoms with van der Waals surface area (Å²) in [5.74, 6) is 0.174. The van der Waals surface area contributed by atoms with Crippen LogP contribution in [-0.4, -0.2) is 27.0 Å². The Morgan fingerprint density at radius 1 is 1.19 bits per heavy atom. The fourth-order valence-electron chi connectivity index (χ4n) is 2.30. The van der Waals surface area contributed by atoms with Crippen LogP contribution in [0.4, 0.5) is 11.4 Å². The number of para-hydroxylation sites is 2. The summed E-state index contributed by atoms with van der Waals surface area (Å²) in [6, 6.07) is 12.5. The van der Waals surface area contributed by atoms with E-state index in [4.69, 9.17) is 4.74 Å². The maximum Gasteiger partial charge on any atom is 0.269 e. The zero-order chi connectivity index (χ0) is 18.4. The van der Waals surface area contributed by atoms with Crippen molar-refractivity contribution in [2.45, 2.75) is 6.54 Å². The number of carbonyl (C=O) groups is 1. The Morgan fingerprint density at radius 3 is 2.65 bits per heavy atom. The van der Waals surface area contributed by atoms with Crippen molar-refractivity contribution in [2.24, 2.45) is 0 Å². The molecule has 0 radical (unpaired) electrons. The highest BCUT2D eigenvalue weighted by molar-refractivity contribution is 6.05. The zero-order valence-corrected chi connectivity index (χ0v) is 13.7. The molecule has 0 atom stereocenters. The van der Waals surface area contributed by atoms with Crippen molar-refractivity contribution in [3.8, 4) is 5.75 Å². The van der Waals surface area contributed by atoms with Crippen molar-refractivity contribution in [3.05, 3.63) is 82.9 Å². The Balaban J connectivity index is 1.65. The van der Waals surface area contributed by atoms with Crippen molar-refractivity contribution in [1.29, 1.82) is 0 Å². The van der Waals surface area contributed by atoms with E-state index in [1.165, 1.54) is 24.3 Å². The average Bonchev–Trinajstić information content (AvgIpc) is 3.16. The van der Waals surface area contributed by atoms with Crippen molar-refractivity contribution in [2.75, 3.05) is 11.9 Å². The maximum atomic E-state index is 12.4. The van der Waals surface area contributed by atoms with Gasteiger partial charge in [-0.25, -0.2) is 4.98 Å². The monoisotopic (exact) mass is 352 g/mol. The molecule has 8 heteroatoms. The third kappa shape index (κ3) is 4.23. The van der Waals surface area contributed by atoms with Crippen molar-refractivity contribution in [3.63, 3.8) is 0 Å². The maximum absolute atomic E-state index is 12.4. The Kier molecular flexibility index (Phi) is 5.23. The quantitative estimate of drug-likeness (QED) is 0.520. The van der Waals surface area contributed by atoms with Crippen molar-refractivity contribution < 1.29 is 14.5 Å². The van der Waals surface area contributed by atoms with Gasteiger partial charge < -0.3 is 14.6 Å². The second-order valence-corrected chi connectivity index (χ2v) is 5.40. The first-order chi connectivity index (χ1) is 12.6. The molecule has 3 aromatic rings. The van der Waals surface area contributed by atoms with Gasteiger partial charge in [0.25, 0.3) is 11.6 Å². The number of rotatable bonds is 7. The van der Waals surface area contributed by atoms with E-state index in [1.54, 1.807) is 30.7 Å². The molecule has 8 nitrogen and oxygen atoms in total. The standard InChI is InChI=1S/C18H16N4O4/c23-18(14-5-7-15(8-6-14)22(24)25)20-16-3-1-2-4-17(16)26-12-11-21-10-9-19-13-21/h1-10,13H,11-12H2,(H,20,23). The first-order valence-electron chi connectivity index (χ1n) is 7.87. The number of carbonyl (C=O) groups excluding carboxylic acids is 1. The fourth-order valence-corrected chi connectivity index (χ4v) is 2.30. The average molecular weight is 352 g/mol. The lowest BCUT2D eigenvalue weighted by molar-refractivity contribution is -0.384. The highest BCUT2D eigenvalue weighted by Crippen LogP contribution is 2.24. The molecule has 0 aliphatic rings. The molecule has 2 aromatic carbocycles. The second kappa shape index (κ2) is 7.93. The zero-order valence-electron chi connectivity index (χ0n) is 13.7. The van der Waals surface area contributed by atoms with Crippen LogP contribution in [0.2, 0.25) is 0 Å². The first-order valence-corrected chi connectivity index (χ1v) is 7.87. The van der Waals surface area contributed by atoms with Gasteiger partial charge in [0.1, 0.15) is 12.4 Å². The number of amides is 1. The fraction of sp³-hybridized carbons (Fsp3) is 0.111. The molecule has 0 spiro atoms. The predicted octanol–water partition coefficient (Wildman–Crippen LogP) is 3.12. The Bertz CT molecular complexity index is 892. The summed E-state index contributed by atoms with van der Waals surface area (Å²) < 4.78 is 7.63. The molecule has 0 saturated heterocycles. The molecule has 1 heterocycles. The molecule has 1 amide bonds. The van der Waals surface area contributed by atoms with E-state index in [-0.39, 0.29) is 11.6 Å². The van der Waals surface area contributed by atoms with E-state index in [1.807, 2.05) is 16.8 Å². The van der Waals surface area contributed by atoms with Crippen molar-refractivity contribution >= 4 is 17.3 Å². The molecule has 0 aliphatic carbocycles. The van der Waals surface area contributed by atoms with Crippen LogP contribution in [0.25, 0.3) is 0 Å². The van der Waals surface area contributed by atoms with E-state index >= 15 is 0 Å². The number of anilines is 1. The van der Waals surface area contributed by atoms with Gasteiger partial charge in [-0.2, -0.15) is 0 Å². The third-order valence-electron chi connectivity index (χ3n) is 3.64. The van der Waals surface area contributed by atoms with Crippen LogP contribution in [0.5, 0.6) is 5.75 Å². The number of non-ortho nitro benzene ring substituents is 1. The lowest BCUT2D eigenvalue weighted by Crippen LogP contribution is -2.14. The smallest absolute Gasteiger partial charge is 0.269 e. The minimum Gasteiger partial charge on any atom is -0.490 e. The molecule has 0 aliphatic heterocycles. The topological polar surface area (TPSA) is 99.3 Å². The summed E-state index contributed by atoms with van der Waals surface area (Å²) in [6.45, 7) is 1.05. The molecule has 26 heavy (non-hydrogen) atoms. The van der Waals surface area contributed by atoms with Crippen LogP contribution < -0.4 is 10.1 Å². The minimum absolute atomic E-state index is 0.0650. The van der Waals surface area contributed by atoms with Crippen LogP contribution in [0.15, 0.2) is 67.3 Å². The molecule has 3 rings (SSSR count). The van der Waals surface area contributed by atoms with Gasteiger partial charge in [-0.15, -0.1) is 0 Å². The second-order valence-electron chi connectivity index (χ2n) is 5.40. The Morgan fingerprint density at radius 2 is 1.96 bits per heavy atom. The summed E-state index contributed by atoms with van der Waals surface area (Å²) in [5, 5.41) is 13.5. The van der Waals surface area contributed by atoms with E-state index in [2.05, 4.69) is 10.3 Å². The Hall–Kier alpha value is -3.68. The molecule has 0 fully saturated rings. The predicted molar refractivity (Wildman–Crippen MR) is 95.2 cm³/mol. The molecular weight excluding hydrogens is 336 g/mol. The number of nitrogens with one attached hydrogen (secondary N) is 1. The van der Waals surface area contributed by atoms with Gasteiger partial charge in [0, 0.05) is 30.1 Å².